The van der Waals surface area contributed by atoms with Crippen LogP contribution in [0.4, 0.5) is 0 Å². The van der Waals surface area contributed by atoms with Crippen LogP contribution in [0.2, 0.25) is 0 Å². The van der Waals surface area contributed by atoms with Crippen molar-refractivity contribution >= 4 is 5.91 Å². The van der Waals surface area contributed by atoms with E-state index in [1.807, 2.05) is 0 Å². The molecular weight excluding hydrogens is 258 g/mol. The van der Waals surface area contributed by atoms with Crippen LogP contribution in [0.3, 0.4) is 0 Å². The maximum absolute atomic E-state index is 12.3. The molecule has 0 fully saturated rings. The molecule has 104 valence electrons. The van der Waals surface area contributed by atoms with Gasteiger partial charge in [-0.25, -0.2) is 0 Å². The van der Waals surface area contributed by atoms with Crippen molar-refractivity contribution < 1.29 is 14.3 Å². The summed E-state index contributed by atoms with van der Waals surface area (Å²) in [4.78, 5) is 20.3. The van der Waals surface area contributed by atoms with Gasteiger partial charge in [-0.15, -0.1) is 0 Å². The molecule has 0 radical (unpaired) electrons. The van der Waals surface area contributed by atoms with Crippen LogP contribution in [0.5, 0.6) is 11.5 Å². The zero-order valence-electron chi connectivity index (χ0n) is 11.3. The molecule has 0 aliphatic heterocycles. The van der Waals surface area contributed by atoms with Crippen molar-refractivity contribution in [2.24, 2.45) is 0 Å². The first kappa shape index (κ1) is 13.8. The summed E-state index contributed by atoms with van der Waals surface area (Å²) in [5.41, 5.74) is 1.04. The third kappa shape index (κ3) is 3.03. The second kappa shape index (κ2) is 6.51. The molecule has 1 amide bonds. The van der Waals surface area contributed by atoms with Crippen molar-refractivity contribution in [3.63, 3.8) is 0 Å². The largest absolute Gasteiger partial charge is 0.496 e. The summed E-state index contributed by atoms with van der Waals surface area (Å²) < 4.78 is 10.4. The molecule has 1 N–H and O–H groups in total. The van der Waals surface area contributed by atoms with Crippen molar-refractivity contribution in [2.75, 3.05) is 14.2 Å². The molecular formula is C14H15N3O3. The van der Waals surface area contributed by atoms with E-state index in [2.05, 4.69) is 15.3 Å². The average Bonchev–Trinajstić information content (AvgIpc) is 2.52. The number of carbonyl (C=O) groups excluding carboxylic acids is 1. The fourth-order valence-electron chi connectivity index (χ4n) is 1.76. The van der Waals surface area contributed by atoms with E-state index in [1.165, 1.54) is 14.2 Å². The van der Waals surface area contributed by atoms with Crippen LogP contribution in [0.25, 0.3) is 0 Å². The Labute approximate surface area is 116 Å². The Hall–Kier alpha value is -2.63. The predicted octanol–water partition coefficient (Wildman–Crippen LogP) is 1.42. The predicted molar refractivity (Wildman–Crippen MR) is 72.7 cm³/mol. The summed E-state index contributed by atoms with van der Waals surface area (Å²) in [6.45, 7) is 0.286. The molecule has 1 heterocycles. The smallest absolute Gasteiger partial charge is 0.259 e. The second-order valence-corrected chi connectivity index (χ2v) is 3.92. The van der Waals surface area contributed by atoms with E-state index in [1.54, 1.807) is 36.8 Å². The summed E-state index contributed by atoms with van der Waals surface area (Å²) in [7, 11) is 3.02. The average molecular weight is 273 g/mol. The molecule has 1 aromatic carbocycles. The molecule has 0 spiro atoms. The van der Waals surface area contributed by atoms with Gasteiger partial charge in [-0.05, 0) is 12.1 Å². The second-order valence-electron chi connectivity index (χ2n) is 3.92. The lowest BCUT2D eigenvalue weighted by molar-refractivity contribution is 0.0944. The summed E-state index contributed by atoms with van der Waals surface area (Å²) in [6, 6.07) is 5.18. The van der Waals surface area contributed by atoms with Gasteiger partial charge in [-0.2, -0.15) is 0 Å². The fourth-order valence-corrected chi connectivity index (χ4v) is 1.76. The van der Waals surface area contributed by atoms with Crippen molar-refractivity contribution in [1.82, 2.24) is 15.3 Å². The van der Waals surface area contributed by atoms with E-state index in [-0.39, 0.29) is 12.5 Å². The number of aromatic nitrogens is 2. The van der Waals surface area contributed by atoms with Gasteiger partial charge in [0.1, 0.15) is 17.1 Å². The molecule has 1 aromatic heterocycles. The van der Waals surface area contributed by atoms with E-state index in [0.29, 0.717) is 22.8 Å². The fraction of sp³-hybridized carbons (Fsp3) is 0.214. The minimum Gasteiger partial charge on any atom is -0.496 e. The van der Waals surface area contributed by atoms with Crippen LogP contribution >= 0.6 is 0 Å². The summed E-state index contributed by atoms with van der Waals surface area (Å²) in [5, 5.41) is 2.76. The molecule has 0 saturated heterocycles. The lowest BCUT2D eigenvalue weighted by Gasteiger charge is -2.12. The Morgan fingerprint density at radius 3 is 2.45 bits per heavy atom. The Bertz CT molecular complexity index is 565. The Kier molecular flexibility index (Phi) is 4.49. The monoisotopic (exact) mass is 273 g/mol. The first-order chi connectivity index (χ1) is 9.76. The van der Waals surface area contributed by atoms with Crippen LogP contribution < -0.4 is 14.8 Å². The molecule has 0 saturated carbocycles. The van der Waals surface area contributed by atoms with Gasteiger partial charge in [0.25, 0.3) is 5.91 Å². The topological polar surface area (TPSA) is 73.3 Å². The number of methoxy groups -OCH3 is 2. The zero-order chi connectivity index (χ0) is 14.4. The van der Waals surface area contributed by atoms with Crippen LogP contribution in [0.15, 0.2) is 36.8 Å². The van der Waals surface area contributed by atoms with Gasteiger partial charge in [-0.3, -0.25) is 14.8 Å². The molecule has 2 rings (SSSR count). The zero-order valence-corrected chi connectivity index (χ0v) is 11.3. The standard InChI is InChI=1S/C14H15N3O3/c1-19-11-4-3-5-12(20-2)13(11)14(18)17-9-10-8-15-6-7-16-10/h3-8H,9H2,1-2H3,(H,17,18). The third-order valence-corrected chi connectivity index (χ3v) is 2.70. The van der Waals surface area contributed by atoms with Gasteiger partial charge >= 0.3 is 0 Å². The van der Waals surface area contributed by atoms with Gasteiger partial charge in [0.05, 0.1) is 32.7 Å². The minimum atomic E-state index is -0.287. The van der Waals surface area contributed by atoms with Crippen LogP contribution in [-0.4, -0.2) is 30.1 Å². The van der Waals surface area contributed by atoms with Crippen molar-refractivity contribution in [1.29, 1.82) is 0 Å². The SMILES string of the molecule is COc1cccc(OC)c1C(=O)NCc1cnccn1. The highest BCUT2D eigenvalue weighted by Crippen LogP contribution is 2.27. The molecule has 2 aromatic rings. The normalized spacial score (nSPS) is 9.90. The van der Waals surface area contributed by atoms with Crippen LogP contribution in [0.1, 0.15) is 16.1 Å². The molecule has 20 heavy (non-hydrogen) atoms. The van der Waals surface area contributed by atoms with Gasteiger partial charge in [0, 0.05) is 12.4 Å². The maximum Gasteiger partial charge on any atom is 0.259 e. The van der Waals surface area contributed by atoms with E-state index in [9.17, 15) is 4.79 Å². The van der Waals surface area contributed by atoms with E-state index in [0.717, 1.165) is 0 Å². The lowest BCUT2D eigenvalue weighted by atomic mass is 10.1. The number of rotatable bonds is 5. The highest BCUT2D eigenvalue weighted by molar-refractivity contribution is 5.99. The molecule has 0 atom stereocenters. The van der Waals surface area contributed by atoms with E-state index >= 15 is 0 Å². The van der Waals surface area contributed by atoms with E-state index in [4.69, 9.17) is 9.47 Å². The van der Waals surface area contributed by atoms with Gasteiger partial charge in [0.2, 0.25) is 0 Å². The van der Waals surface area contributed by atoms with Crippen LogP contribution in [-0.2, 0) is 6.54 Å². The molecule has 0 aliphatic rings. The summed E-state index contributed by atoms with van der Waals surface area (Å²) in [6.07, 6.45) is 4.75. The first-order valence-corrected chi connectivity index (χ1v) is 6.00. The van der Waals surface area contributed by atoms with Crippen LogP contribution in [0, 0.1) is 0 Å². The number of carbonyl (C=O) groups is 1. The Morgan fingerprint density at radius 1 is 1.20 bits per heavy atom. The third-order valence-electron chi connectivity index (χ3n) is 2.70. The van der Waals surface area contributed by atoms with Crippen molar-refractivity contribution in [3.8, 4) is 11.5 Å². The highest BCUT2D eigenvalue weighted by Gasteiger charge is 2.17. The molecule has 0 unspecified atom stereocenters. The number of nitrogens with zero attached hydrogens (tertiary/aromatic N) is 2. The number of amides is 1. The molecule has 0 bridgehead atoms. The highest BCUT2D eigenvalue weighted by atomic mass is 16.5. The first-order valence-electron chi connectivity index (χ1n) is 6.00. The molecule has 6 nitrogen and oxygen atoms in total. The number of hydrogen-bond donors (Lipinski definition) is 1. The summed E-state index contributed by atoms with van der Waals surface area (Å²) >= 11 is 0. The minimum absolute atomic E-state index is 0.286. The number of nitrogens with one attached hydrogen (secondary N) is 1. The molecule has 6 heteroatoms. The quantitative estimate of drug-likeness (QED) is 0.892. The summed E-state index contributed by atoms with van der Waals surface area (Å²) in [5.74, 6) is 0.631. The Morgan fingerprint density at radius 2 is 1.90 bits per heavy atom. The Balaban J connectivity index is 2.16. The number of benzene rings is 1. The van der Waals surface area contributed by atoms with Crippen molar-refractivity contribution in [2.45, 2.75) is 6.54 Å². The number of hydrogen-bond acceptors (Lipinski definition) is 5. The lowest BCUT2D eigenvalue weighted by Crippen LogP contribution is -2.24. The number of ether oxygens (including phenoxy) is 2. The van der Waals surface area contributed by atoms with Gasteiger partial charge in [0.15, 0.2) is 0 Å². The molecule has 0 aliphatic carbocycles. The van der Waals surface area contributed by atoms with Gasteiger partial charge in [-0.1, -0.05) is 6.07 Å². The van der Waals surface area contributed by atoms with Gasteiger partial charge < -0.3 is 14.8 Å². The maximum atomic E-state index is 12.3. The van der Waals surface area contributed by atoms with E-state index < -0.39 is 0 Å². The van der Waals surface area contributed by atoms with Crippen molar-refractivity contribution in [3.05, 3.63) is 48.0 Å².